The third-order valence-corrected chi connectivity index (χ3v) is 2.98. The number of benzene rings is 2. The minimum atomic E-state index is -0.453. The summed E-state index contributed by atoms with van der Waals surface area (Å²) in [7, 11) is 0. The van der Waals surface area contributed by atoms with Gasteiger partial charge in [-0.3, -0.25) is 4.79 Å². The predicted molar refractivity (Wildman–Crippen MR) is 77.7 cm³/mol. The third-order valence-electron chi connectivity index (χ3n) is 2.98. The highest BCUT2D eigenvalue weighted by molar-refractivity contribution is 5.88. The van der Waals surface area contributed by atoms with Crippen LogP contribution in [0.3, 0.4) is 0 Å². The predicted octanol–water partition coefficient (Wildman–Crippen LogP) is 2.93. The molecule has 3 nitrogen and oxygen atoms in total. The largest absolute Gasteiger partial charge is 0.478 e. The summed E-state index contributed by atoms with van der Waals surface area (Å²) in [5.74, 6) is 0.941. The van der Waals surface area contributed by atoms with Crippen LogP contribution in [0.1, 0.15) is 24.2 Å². The fraction of sp³-hybridized carbons (Fsp3) is 0.235. The number of para-hydroxylation sites is 1. The van der Waals surface area contributed by atoms with E-state index in [0.717, 1.165) is 16.9 Å². The molecule has 1 heterocycles. The van der Waals surface area contributed by atoms with E-state index in [0.29, 0.717) is 6.42 Å². The van der Waals surface area contributed by atoms with Crippen molar-refractivity contribution in [3.05, 3.63) is 65.7 Å². The van der Waals surface area contributed by atoms with Crippen molar-refractivity contribution in [3.63, 3.8) is 0 Å². The van der Waals surface area contributed by atoms with Crippen molar-refractivity contribution >= 4 is 5.78 Å². The number of aliphatic hydroxyl groups excluding tert-OH is 1. The monoisotopic (exact) mass is 270 g/mol. The Morgan fingerprint density at radius 3 is 2.40 bits per heavy atom. The zero-order valence-corrected chi connectivity index (χ0v) is 11.5. The van der Waals surface area contributed by atoms with E-state index < -0.39 is 6.10 Å². The van der Waals surface area contributed by atoms with Crippen molar-refractivity contribution in [3.8, 4) is 5.75 Å². The molecule has 0 amide bonds. The van der Waals surface area contributed by atoms with Crippen LogP contribution in [0.2, 0.25) is 0 Å². The molecule has 20 heavy (non-hydrogen) atoms. The molecule has 0 aromatic heterocycles. The van der Waals surface area contributed by atoms with E-state index in [2.05, 4.69) is 0 Å². The molecule has 0 fully saturated rings. The zero-order valence-electron chi connectivity index (χ0n) is 11.5. The maximum Gasteiger partial charge on any atom is 0.182 e. The van der Waals surface area contributed by atoms with Gasteiger partial charge in [0.25, 0.3) is 0 Å². The van der Waals surface area contributed by atoms with Gasteiger partial charge in [0.15, 0.2) is 11.9 Å². The van der Waals surface area contributed by atoms with Crippen LogP contribution in [0.25, 0.3) is 0 Å². The molecule has 1 aliphatic heterocycles. The Morgan fingerprint density at radius 1 is 1.10 bits per heavy atom. The number of aliphatic hydroxyl groups is 1. The number of hydrogen-bond donors (Lipinski definition) is 1. The maximum absolute atomic E-state index is 12.0. The van der Waals surface area contributed by atoms with Crippen LogP contribution in [0.4, 0.5) is 0 Å². The molecule has 0 saturated heterocycles. The summed E-state index contributed by atoms with van der Waals surface area (Å²) in [5, 5.41) is 7.57. The highest BCUT2D eigenvalue weighted by atomic mass is 16.5. The van der Waals surface area contributed by atoms with E-state index in [-0.39, 0.29) is 12.4 Å². The minimum absolute atomic E-state index is 0.120. The van der Waals surface area contributed by atoms with Crippen LogP contribution >= 0.6 is 0 Å². The van der Waals surface area contributed by atoms with Gasteiger partial charge in [0.1, 0.15) is 5.75 Å². The Hall–Kier alpha value is -2.13. The van der Waals surface area contributed by atoms with Gasteiger partial charge >= 0.3 is 0 Å². The van der Waals surface area contributed by atoms with Crippen molar-refractivity contribution in [1.82, 2.24) is 0 Å². The summed E-state index contributed by atoms with van der Waals surface area (Å²) in [5.41, 5.74) is 1.90. The van der Waals surface area contributed by atoms with Crippen LogP contribution in [0, 0.1) is 0 Å². The molecule has 1 N–H and O–H groups in total. The first-order valence-corrected chi connectivity index (χ1v) is 6.69. The Balaban J connectivity index is 0.000000452. The van der Waals surface area contributed by atoms with Crippen LogP contribution < -0.4 is 4.74 Å². The van der Waals surface area contributed by atoms with E-state index in [9.17, 15) is 4.79 Å². The Morgan fingerprint density at radius 2 is 1.70 bits per heavy atom. The quantitative estimate of drug-likeness (QED) is 0.866. The molecule has 1 unspecified atom stereocenters. The van der Waals surface area contributed by atoms with Gasteiger partial charge in [-0.15, -0.1) is 0 Å². The smallest absolute Gasteiger partial charge is 0.182 e. The van der Waals surface area contributed by atoms with Crippen LogP contribution in [0.15, 0.2) is 54.6 Å². The number of fused-ring (bicyclic) bond motifs is 1. The fourth-order valence-corrected chi connectivity index (χ4v) is 2.12. The zero-order chi connectivity index (χ0) is 14.4. The van der Waals surface area contributed by atoms with Crippen molar-refractivity contribution in [2.45, 2.75) is 19.4 Å². The number of carbonyl (C=O) groups excluding carboxylic acids is 1. The first kappa shape index (κ1) is 14.3. The van der Waals surface area contributed by atoms with Crippen molar-refractivity contribution in [2.75, 3.05) is 6.61 Å². The number of carbonyl (C=O) groups is 1. The maximum atomic E-state index is 12.0. The lowest BCUT2D eigenvalue weighted by molar-refractivity contribution is -0.126. The van der Waals surface area contributed by atoms with Crippen molar-refractivity contribution in [2.24, 2.45) is 0 Å². The van der Waals surface area contributed by atoms with Crippen molar-refractivity contribution in [1.29, 1.82) is 0 Å². The molecule has 2 aromatic rings. The summed E-state index contributed by atoms with van der Waals surface area (Å²) in [6.45, 7) is 1.93. The number of Topliss-reactive ketones (excluding diaryl/α,β-unsaturated/α-hetero) is 1. The molecule has 3 heteroatoms. The number of rotatable bonds is 1. The van der Waals surface area contributed by atoms with E-state index in [4.69, 9.17) is 9.84 Å². The summed E-state index contributed by atoms with van der Waals surface area (Å²) < 4.78 is 5.78. The van der Waals surface area contributed by atoms with E-state index in [1.54, 1.807) is 6.92 Å². The molecular weight excluding hydrogens is 252 g/mol. The van der Waals surface area contributed by atoms with Gasteiger partial charge < -0.3 is 9.84 Å². The number of ketones is 1. The van der Waals surface area contributed by atoms with Gasteiger partial charge in [-0.1, -0.05) is 48.5 Å². The van der Waals surface area contributed by atoms with E-state index >= 15 is 0 Å². The SMILES string of the molecule is CCO.O=C1Cc2ccccc2OC1c1ccccc1. The molecule has 104 valence electrons. The lowest BCUT2D eigenvalue weighted by atomic mass is 9.96. The van der Waals surface area contributed by atoms with E-state index in [1.807, 2.05) is 54.6 Å². The third kappa shape index (κ3) is 3.25. The van der Waals surface area contributed by atoms with Gasteiger partial charge in [0, 0.05) is 18.6 Å². The van der Waals surface area contributed by atoms with Gasteiger partial charge in [-0.2, -0.15) is 0 Å². The van der Waals surface area contributed by atoms with Crippen LogP contribution in [-0.2, 0) is 11.2 Å². The molecular formula is C17H18O3. The molecule has 3 rings (SSSR count). The molecule has 2 aromatic carbocycles. The summed E-state index contributed by atoms with van der Waals surface area (Å²) in [4.78, 5) is 12.0. The Bertz CT molecular complexity index is 563. The average Bonchev–Trinajstić information content (AvgIpc) is 2.48. The van der Waals surface area contributed by atoms with Crippen molar-refractivity contribution < 1.29 is 14.6 Å². The van der Waals surface area contributed by atoms with Gasteiger partial charge in [-0.05, 0) is 18.6 Å². The van der Waals surface area contributed by atoms with Gasteiger partial charge in [0.05, 0.1) is 0 Å². The second-order valence-electron chi connectivity index (χ2n) is 4.48. The minimum Gasteiger partial charge on any atom is -0.478 e. The molecule has 0 saturated carbocycles. The molecule has 1 aliphatic rings. The first-order valence-electron chi connectivity index (χ1n) is 6.69. The number of hydrogen-bond acceptors (Lipinski definition) is 3. The Labute approximate surface area is 118 Å². The normalized spacial score (nSPS) is 16.5. The second kappa shape index (κ2) is 6.87. The first-order chi connectivity index (χ1) is 9.76. The summed E-state index contributed by atoms with van der Waals surface area (Å²) in [6.07, 6.45) is 0.00142. The number of ether oxygens (including phenoxy) is 1. The van der Waals surface area contributed by atoms with Gasteiger partial charge in [-0.25, -0.2) is 0 Å². The van der Waals surface area contributed by atoms with E-state index in [1.165, 1.54) is 0 Å². The highest BCUT2D eigenvalue weighted by Gasteiger charge is 2.28. The second-order valence-corrected chi connectivity index (χ2v) is 4.48. The molecule has 0 bridgehead atoms. The summed E-state index contributed by atoms with van der Waals surface area (Å²) >= 11 is 0. The standard InChI is InChI=1S/C15H12O2.C2H6O/c16-13-10-12-8-4-5-9-14(12)17-15(13)11-6-2-1-3-7-11;1-2-3/h1-9,15H,10H2;3H,2H2,1H3. The van der Waals surface area contributed by atoms with Crippen LogP contribution in [-0.4, -0.2) is 17.5 Å². The molecule has 0 spiro atoms. The van der Waals surface area contributed by atoms with Gasteiger partial charge in [0.2, 0.25) is 0 Å². The summed E-state index contributed by atoms with van der Waals surface area (Å²) in [6, 6.07) is 17.3. The highest BCUT2D eigenvalue weighted by Crippen LogP contribution is 2.32. The average molecular weight is 270 g/mol. The lowest BCUT2D eigenvalue weighted by Gasteiger charge is -2.25. The molecule has 0 radical (unpaired) electrons. The molecule has 1 atom stereocenters. The fourth-order valence-electron chi connectivity index (χ4n) is 2.12. The lowest BCUT2D eigenvalue weighted by Crippen LogP contribution is -2.25. The topological polar surface area (TPSA) is 46.5 Å². The molecule has 0 aliphatic carbocycles. The Kier molecular flexibility index (Phi) is 4.91. The van der Waals surface area contributed by atoms with Crippen LogP contribution in [0.5, 0.6) is 5.75 Å².